The van der Waals surface area contributed by atoms with Crippen LogP contribution in [0.5, 0.6) is 0 Å². The average molecular weight is 439 g/mol. The third kappa shape index (κ3) is 4.42. The number of rotatable bonds is 6. The Balaban J connectivity index is 1.93. The van der Waals surface area contributed by atoms with Gasteiger partial charge in [-0.3, -0.25) is 9.59 Å². The first-order chi connectivity index (χ1) is 14.0. The minimum Gasteiger partial charge on any atom is -0.391 e. The van der Waals surface area contributed by atoms with E-state index in [0.717, 1.165) is 24.8 Å². The molecule has 1 aliphatic rings. The van der Waals surface area contributed by atoms with Crippen LogP contribution in [0, 0.1) is 5.82 Å². The Kier molecular flexibility index (Phi) is 6.06. The fourth-order valence-corrected chi connectivity index (χ4v) is 4.27. The molecular weight excluding hydrogens is 417 g/mol. The second-order valence-corrected chi connectivity index (χ2v) is 9.27. The summed E-state index contributed by atoms with van der Waals surface area (Å²) < 4.78 is 42.9. The van der Waals surface area contributed by atoms with E-state index in [1.807, 2.05) is 0 Å². The van der Waals surface area contributed by atoms with Gasteiger partial charge in [-0.25, -0.2) is 17.8 Å². The lowest BCUT2D eigenvalue weighted by molar-refractivity contribution is 0.00887. The number of H-pyrrole nitrogens is 1. The van der Waals surface area contributed by atoms with Gasteiger partial charge in [0.25, 0.3) is 11.5 Å². The summed E-state index contributed by atoms with van der Waals surface area (Å²) in [6.07, 6.45) is 2.30. The quantitative estimate of drug-likeness (QED) is 0.604. The van der Waals surface area contributed by atoms with Gasteiger partial charge in [-0.1, -0.05) is 6.07 Å². The molecule has 1 fully saturated rings. The number of nitrogens with one attached hydrogen (secondary N) is 2. The number of benzene rings is 1. The van der Waals surface area contributed by atoms with Crippen LogP contribution in [0.1, 0.15) is 47.2 Å². The fraction of sp³-hybridized carbons (Fsp3) is 0.421. The number of aromatic nitrogens is 2. The van der Waals surface area contributed by atoms with Gasteiger partial charge in [-0.2, -0.15) is 0 Å². The van der Waals surface area contributed by atoms with Crippen molar-refractivity contribution in [1.82, 2.24) is 15.3 Å². The molecule has 3 N–H and O–H groups in total. The molecule has 1 amide bonds. The van der Waals surface area contributed by atoms with Crippen molar-refractivity contribution in [3.8, 4) is 0 Å². The number of hydrogen-bond donors (Lipinski definition) is 3. The SMILES string of the molecule is CC1(c2nc(C(=O)NCc3ccc(F)cc3S(C)(=O)=O)c(CO)c(=O)[nH]2)CCCO1. The summed E-state index contributed by atoms with van der Waals surface area (Å²) in [6.45, 7) is 1.27. The van der Waals surface area contributed by atoms with Crippen LogP contribution in [-0.2, 0) is 33.3 Å². The molecule has 11 heteroatoms. The third-order valence-electron chi connectivity index (χ3n) is 4.98. The number of ether oxygens (including phenoxy) is 1. The molecule has 9 nitrogen and oxygen atoms in total. The molecule has 1 aromatic heterocycles. The molecule has 1 unspecified atom stereocenters. The van der Waals surface area contributed by atoms with E-state index in [4.69, 9.17) is 4.74 Å². The molecule has 2 heterocycles. The van der Waals surface area contributed by atoms with Gasteiger partial charge in [0, 0.05) is 19.4 Å². The minimum absolute atomic E-state index is 0.172. The first-order valence-corrected chi connectivity index (χ1v) is 11.1. The highest BCUT2D eigenvalue weighted by molar-refractivity contribution is 7.90. The molecule has 0 spiro atoms. The number of aliphatic hydroxyl groups is 1. The van der Waals surface area contributed by atoms with Gasteiger partial charge in [-0.05, 0) is 37.5 Å². The van der Waals surface area contributed by atoms with Crippen LogP contribution in [0.4, 0.5) is 4.39 Å². The van der Waals surface area contributed by atoms with Gasteiger partial charge < -0.3 is 20.1 Å². The lowest BCUT2D eigenvalue weighted by atomic mass is 10.0. The number of amides is 1. The van der Waals surface area contributed by atoms with E-state index in [0.29, 0.717) is 13.0 Å². The molecule has 162 valence electrons. The Bertz CT molecular complexity index is 1140. The number of halogens is 1. The Hall–Kier alpha value is -2.63. The zero-order valence-corrected chi connectivity index (χ0v) is 17.3. The molecule has 1 atom stereocenters. The summed E-state index contributed by atoms with van der Waals surface area (Å²) in [5, 5.41) is 12.0. The van der Waals surface area contributed by atoms with E-state index >= 15 is 0 Å². The van der Waals surface area contributed by atoms with Gasteiger partial charge >= 0.3 is 0 Å². The second kappa shape index (κ2) is 8.25. The van der Waals surface area contributed by atoms with Gasteiger partial charge in [0.2, 0.25) is 0 Å². The van der Waals surface area contributed by atoms with Crippen molar-refractivity contribution < 1.29 is 27.4 Å². The normalized spacial score (nSPS) is 19.1. The monoisotopic (exact) mass is 439 g/mol. The highest BCUT2D eigenvalue weighted by Gasteiger charge is 2.35. The molecule has 0 bridgehead atoms. The van der Waals surface area contributed by atoms with Crippen molar-refractivity contribution >= 4 is 15.7 Å². The van der Waals surface area contributed by atoms with Crippen LogP contribution in [0.25, 0.3) is 0 Å². The van der Waals surface area contributed by atoms with Crippen LogP contribution < -0.4 is 10.9 Å². The zero-order valence-electron chi connectivity index (χ0n) is 16.5. The maximum atomic E-state index is 13.5. The second-order valence-electron chi connectivity index (χ2n) is 7.29. The van der Waals surface area contributed by atoms with E-state index < -0.39 is 39.3 Å². The van der Waals surface area contributed by atoms with Crippen molar-refractivity contribution in [1.29, 1.82) is 0 Å². The minimum atomic E-state index is -3.73. The van der Waals surface area contributed by atoms with Crippen LogP contribution in [0.2, 0.25) is 0 Å². The third-order valence-corrected chi connectivity index (χ3v) is 6.16. The van der Waals surface area contributed by atoms with Gasteiger partial charge in [-0.15, -0.1) is 0 Å². The van der Waals surface area contributed by atoms with Gasteiger partial charge in [0.1, 0.15) is 22.9 Å². The summed E-state index contributed by atoms with van der Waals surface area (Å²) in [5.74, 6) is -1.33. The Morgan fingerprint density at radius 2 is 2.17 bits per heavy atom. The average Bonchev–Trinajstić information content (AvgIpc) is 3.13. The number of nitrogens with zero attached hydrogens (tertiary/aromatic N) is 1. The van der Waals surface area contributed by atoms with E-state index in [1.54, 1.807) is 6.92 Å². The molecule has 1 aromatic carbocycles. The van der Waals surface area contributed by atoms with E-state index in [2.05, 4.69) is 15.3 Å². The van der Waals surface area contributed by atoms with Crippen molar-refractivity contribution in [2.24, 2.45) is 0 Å². The standard InChI is InChI=1S/C19H22FN3O6S/c1-19(6-3-7-29-19)18-22-15(13(10-24)16(25)23-18)17(26)21-9-11-4-5-12(20)8-14(11)30(2,27)28/h4-5,8,24H,3,6-7,9-10H2,1-2H3,(H,21,26)(H,22,23,25). The zero-order chi connectivity index (χ0) is 22.1. The number of hydrogen-bond acceptors (Lipinski definition) is 7. The number of aliphatic hydroxyl groups excluding tert-OH is 1. The lowest BCUT2D eigenvalue weighted by Crippen LogP contribution is -2.34. The van der Waals surface area contributed by atoms with Gasteiger partial charge in [0.05, 0.1) is 17.1 Å². The number of carbonyl (C=O) groups excluding carboxylic acids is 1. The predicted octanol–water partition coefficient (Wildman–Crippen LogP) is 0.760. The summed E-state index contributed by atoms with van der Waals surface area (Å²) in [5.41, 5.74) is -1.85. The maximum absolute atomic E-state index is 13.5. The summed E-state index contributed by atoms with van der Waals surface area (Å²) in [4.78, 5) is 31.7. The predicted molar refractivity (Wildman–Crippen MR) is 104 cm³/mol. The fourth-order valence-electron chi connectivity index (χ4n) is 3.33. The molecule has 30 heavy (non-hydrogen) atoms. The smallest absolute Gasteiger partial charge is 0.270 e. The van der Waals surface area contributed by atoms with Crippen LogP contribution in [0.15, 0.2) is 27.9 Å². The molecule has 2 aromatic rings. The van der Waals surface area contributed by atoms with Crippen molar-refractivity contribution in [3.05, 3.63) is 57.0 Å². The molecule has 0 radical (unpaired) electrons. The van der Waals surface area contributed by atoms with Crippen LogP contribution in [-0.4, -0.2) is 42.3 Å². The van der Waals surface area contributed by atoms with E-state index in [9.17, 15) is 27.5 Å². The Labute approximate surface area is 172 Å². The first-order valence-electron chi connectivity index (χ1n) is 9.20. The summed E-state index contributed by atoms with van der Waals surface area (Å²) in [7, 11) is -3.73. The molecule has 0 saturated carbocycles. The summed E-state index contributed by atoms with van der Waals surface area (Å²) >= 11 is 0. The molecule has 3 rings (SSSR count). The van der Waals surface area contributed by atoms with Crippen LogP contribution >= 0.6 is 0 Å². The lowest BCUT2D eigenvalue weighted by Gasteiger charge is -2.22. The number of carbonyl (C=O) groups is 1. The highest BCUT2D eigenvalue weighted by atomic mass is 32.2. The first kappa shape index (κ1) is 22.1. The van der Waals surface area contributed by atoms with E-state index in [-0.39, 0.29) is 34.1 Å². The molecule has 1 aliphatic heterocycles. The van der Waals surface area contributed by atoms with Gasteiger partial charge in [0.15, 0.2) is 9.84 Å². The largest absolute Gasteiger partial charge is 0.391 e. The molecule has 1 saturated heterocycles. The van der Waals surface area contributed by atoms with Crippen molar-refractivity contribution in [3.63, 3.8) is 0 Å². The maximum Gasteiger partial charge on any atom is 0.270 e. The van der Waals surface area contributed by atoms with E-state index in [1.165, 1.54) is 6.07 Å². The van der Waals surface area contributed by atoms with Crippen molar-refractivity contribution in [2.45, 2.75) is 43.4 Å². The topological polar surface area (TPSA) is 138 Å². The molecule has 0 aliphatic carbocycles. The number of sulfone groups is 1. The van der Waals surface area contributed by atoms with Crippen LogP contribution in [0.3, 0.4) is 0 Å². The number of aromatic amines is 1. The molecular formula is C19H22FN3O6S. The Morgan fingerprint density at radius 3 is 2.77 bits per heavy atom. The van der Waals surface area contributed by atoms with Crippen molar-refractivity contribution in [2.75, 3.05) is 12.9 Å². The Morgan fingerprint density at radius 1 is 1.43 bits per heavy atom. The highest BCUT2D eigenvalue weighted by Crippen LogP contribution is 2.33. The summed E-state index contributed by atoms with van der Waals surface area (Å²) in [6, 6.07) is 3.21.